The van der Waals surface area contributed by atoms with E-state index in [9.17, 15) is 9.59 Å². The van der Waals surface area contributed by atoms with E-state index in [2.05, 4.69) is 23.0 Å². The van der Waals surface area contributed by atoms with Crippen molar-refractivity contribution in [2.75, 3.05) is 59.5 Å². The molecule has 6 rings (SSSR count). The molecule has 6 saturated carbocycles. The molecule has 6 aliphatic carbocycles. The monoisotopic (exact) mass is 572 g/mol. The van der Waals surface area contributed by atoms with Gasteiger partial charge < -0.3 is 31.2 Å². The van der Waals surface area contributed by atoms with Gasteiger partial charge in [-0.2, -0.15) is 0 Å². The fraction of sp³-hybridized carbons (Fsp3) is 0.939. The van der Waals surface area contributed by atoms with Crippen LogP contribution in [0, 0.1) is 71.0 Å². The second-order valence-corrected chi connectivity index (χ2v) is 14.6. The molecule has 8 heteroatoms. The second kappa shape index (κ2) is 13.6. The van der Waals surface area contributed by atoms with E-state index < -0.39 is 0 Å². The van der Waals surface area contributed by atoms with Crippen LogP contribution in [0.25, 0.3) is 0 Å². The van der Waals surface area contributed by atoms with Crippen molar-refractivity contribution in [3.63, 3.8) is 0 Å². The van der Waals surface area contributed by atoms with Crippen LogP contribution in [0.2, 0.25) is 0 Å². The third-order valence-electron chi connectivity index (χ3n) is 12.8. The number of nitrogens with one attached hydrogen (secondary N) is 3. The van der Waals surface area contributed by atoms with Crippen molar-refractivity contribution in [1.29, 1.82) is 0 Å². The topological polar surface area (TPSA) is 115 Å². The number of nitrogens with two attached hydrogens (primary N) is 1. The molecule has 12 atom stereocenters. The Morgan fingerprint density at radius 3 is 1.73 bits per heavy atom. The molecule has 0 saturated heterocycles. The summed E-state index contributed by atoms with van der Waals surface area (Å²) in [5.74, 6) is 9.99. The highest BCUT2D eigenvalue weighted by molar-refractivity contribution is 5.70. The highest BCUT2D eigenvalue weighted by atomic mass is 16.6. The average Bonchev–Trinajstić information content (AvgIpc) is 3.79. The lowest BCUT2D eigenvalue weighted by molar-refractivity contribution is -0.152. The van der Waals surface area contributed by atoms with Gasteiger partial charge >= 0.3 is 11.9 Å². The lowest BCUT2D eigenvalue weighted by atomic mass is 9.73. The van der Waals surface area contributed by atoms with Crippen molar-refractivity contribution >= 4 is 11.9 Å². The summed E-state index contributed by atoms with van der Waals surface area (Å²) >= 11 is 0. The highest BCUT2D eigenvalue weighted by Gasteiger charge is 2.57. The average molecular weight is 573 g/mol. The summed E-state index contributed by atoms with van der Waals surface area (Å²) in [6.45, 7) is 5.67. The van der Waals surface area contributed by atoms with Gasteiger partial charge in [0.05, 0.1) is 12.8 Å². The van der Waals surface area contributed by atoms with Crippen LogP contribution in [-0.2, 0) is 19.1 Å². The molecule has 5 N–H and O–H groups in total. The lowest BCUT2D eigenvalue weighted by Crippen LogP contribution is -2.35. The maximum atomic E-state index is 12.1. The number of carbonyl (C=O) groups excluding carboxylic acids is 2. The zero-order valence-electron chi connectivity index (χ0n) is 25.4. The van der Waals surface area contributed by atoms with Crippen LogP contribution in [-0.4, -0.2) is 71.5 Å². The molecule has 4 bridgehead atoms. The molecule has 0 heterocycles. The third kappa shape index (κ3) is 6.37. The summed E-state index contributed by atoms with van der Waals surface area (Å²) in [5, 5.41) is 10.5. The summed E-state index contributed by atoms with van der Waals surface area (Å²) in [5.41, 5.74) is 6.03. The summed E-state index contributed by atoms with van der Waals surface area (Å²) in [4.78, 5) is 24.3. The van der Waals surface area contributed by atoms with Crippen molar-refractivity contribution in [3.05, 3.63) is 0 Å². The Labute approximate surface area is 247 Å². The summed E-state index contributed by atoms with van der Waals surface area (Å²) < 4.78 is 10.6. The van der Waals surface area contributed by atoms with Crippen molar-refractivity contribution in [1.82, 2.24) is 16.0 Å². The van der Waals surface area contributed by atoms with E-state index in [1.165, 1.54) is 57.9 Å². The maximum Gasteiger partial charge on any atom is 0.307 e. The Hall–Kier alpha value is -1.22. The molecule has 0 spiro atoms. The molecule has 8 nitrogen and oxygen atoms in total. The molecule has 0 amide bonds. The standard InChI is InChI=1S/C33H56N4O4/c1-35-17-24-12-23-15-28(24)27-5-3-21(33(23)27)18-36-8-6-30(38)40-10-11-41-31(39)7-9-37-19-25-13-22-14-29(25)26-4-2-20(16-34)32(22)26/h20-29,32-33,35-37H,2-19,34H2,1H3. The minimum atomic E-state index is -0.224. The Bertz CT molecular complexity index is 902. The van der Waals surface area contributed by atoms with Gasteiger partial charge in [0.2, 0.25) is 0 Å². The van der Waals surface area contributed by atoms with E-state index in [0.717, 1.165) is 90.6 Å². The van der Waals surface area contributed by atoms with Gasteiger partial charge in [0, 0.05) is 13.1 Å². The molecule has 6 aliphatic rings. The van der Waals surface area contributed by atoms with Gasteiger partial charge in [-0.15, -0.1) is 0 Å². The van der Waals surface area contributed by atoms with Crippen molar-refractivity contribution in [2.45, 2.75) is 64.2 Å². The Balaban J connectivity index is 0.761. The number of rotatable bonds is 16. The highest BCUT2D eigenvalue weighted by Crippen LogP contribution is 2.63. The third-order valence-corrected chi connectivity index (χ3v) is 12.8. The van der Waals surface area contributed by atoms with E-state index in [1.807, 2.05) is 0 Å². The van der Waals surface area contributed by atoms with Crippen molar-refractivity contribution in [2.24, 2.45) is 76.7 Å². The maximum absolute atomic E-state index is 12.1. The number of carbonyl (C=O) groups is 2. The predicted molar refractivity (Wildman–Crippen MR) is 159 cm³/mol. The Kier molecular flexibility index (Phi) is 9.90. The first kappa shape index (κ1) is 29.8. The van der Waals surface area contributed by atoms with Crippen LogP contribution < -0.4 is 21.7 Å². The molecule has 12 unspecified atom stereocenters. The summed E-state index contributed by atoms with van der Waals surface area (Å²) in [6, 6.07) is 0. The fourth-order valence-corrected chi connectivity index (χ4v) is 11.5. The molecular weight excluding hydrogens is 516 g/mol. The van der Waals surface area contributed by atoms with Crippen molar-refractivity contribution < 1.29 is 19.1 Å². The molecule has 0 radical (unpaired) electrons. The quantitative estimate of drug-likeness (QED) is 0.165. The van der Waals surface area contributed by atoms with E-state index in [4.69, 9.17) is 15.2 Å². The Morgan fingerprint density at radius 2 is 1.17 bits per heavy atom. The van der Waals surface area contributed by atoms with Crippen LogP contribution in [0.3, 0.4) is 0 Å². The number of ether oxygens (including phenoxy) is 2. The lowest BCUT2D eigenvalue weighted by Gasteiger charge is -2.34. The number of hydrogen-bond acceptors (Lipinski definition) is 8. The molecule has 0 aliphatic heterocycles. The van der Waals surface area contributed by atoms with E-state index in [-0.39, 0.29) is 25.2 Å². The van der Waals surface area contributed by atoms with Gasteiger partial charge in [0.15, 0.2) is 0 Å². The first-order chi connectivity index (χ1) is 20.1. The summed E-state index contributed by atoms with van der Waals surface area (Å²) in [6.07, 6.45) is 11.8. The molecule has 6 fully saturated rings. The first-order valence-electron chi connectivity index (χ1n) is 17.1. The summed E-state index contributed by atoms with van der Waals surface area (Å²) in [7, 11) is 2.09. The van der Waals surface area contributed by atoms with Gasteiger partial charge in [-0.05, 0) is 156 Å². The van der Waals surface area contributed by atoms with E-state index in [0.29, 0.717) is 25.9 Å². The molecular formula is C33H56N4O4. The van der Waals surface area contributed by atoms with Crippen LogP contribution in [0.5, 0.6) is 0 Å². The van der Waals surface area contributed by atoms with Gasteiger partial charge in [0.25, 0.3) is 0 Å². The van der Waals surface area contributed by atoms with Gasteiger partial charge in [-0.25, -0.2) is 0 Å². The van der Waals surface area contributed by atoms with Gasteiger partial charge in [0.1, 0.15) is 13.2 Å². The zero-order chi connectivity index (χ0) is 28.3. The fourth-order valence-electron chi connectivity index (χ4n) is 11.5. The number of fused-ring (bicyclic) bond motifs is 10. The van der Waals surface area contributed by atoms with Crippen LogP contribution >= 0.6 is 0 Å². The smallest absolute Gasteiger partial charge is 0.307 e. The second-order valence-electron chi connectivity index (χ2n) is 14.6. The number of hydrogen-bond donors (Lipinski definition) is 4. The van der Waals surface area contributed by atoms with E-state index in [1.54, 1.807) is 0 Å². The first-order valence-corrected chi connectivity index (χ1v) is 17.1. The largest absolute Gasteiger partial charge is 0.462 e. The molecule has 0 aromatic rings. The van der Waals surface area contributed by atoms with Gasteiger partial charge in [-0.1, -0.05) is 0 Å². The minimum Gasteiger partial charge on any atom is -0.462 e. The van der Waals surface area contributed by atoms with E-state index >= 15 is 0 Å². The van der Waals surface area contributed by atoms with Crippen molar-refractivity contribution in [3.8, 4) is 0 Å². The van der Waals surface area contributed by atoms with Gasteiger partial charge in [-0.3, -0.25) is 9.59 Å². The normalized spacial score (nSPS) is 41.6. The minimum absolute atomic E-state index is 0.137. The Morgan fingerprint density at radius 1 is 0.659 bits per heavy atom. The van der Waals surface area contributed by atoms with Crippen LogP contribution in [0.4, 0.5) is 0 Å². The zero-order valence-corrected chi connectivity index (χ0v) is 25.4. The molecule has 0 aromatic carbocycles. The molecule has 232 valence electrons. The SMILES string of the molecule is CNCC1CC2CC1C1CCC(CNCCC(=O)OCCOC(=O)CCNCC3CC4CC3C3CCC(CN)C43)C21. The predicted octanol–water partition coefficient (Wildman–Crippen LogP) is 2.81. The molecule has 41 heavy (non-hydrogen) atoms. The van der Waals surface area contributed by atoms with Crippen LogP contribution in [0.15, 0.2) is 0 Å². The molecule has 0 aromatic heterocycles. The van der Waals surface area contributed by atoms with Crippen LogP contribution in [0.1, 0.15) is 64.2 Å². The number of esters is 2.